The number of pyridine rings is 1. The maximum absolute atomic E-state index is 10.1. The van der Waals surface area contributed by atoms with Crippen LogP contribution in [0.15, 0.2) is 36.4 Å². The zero-order valence-corrected chi connectivity index (χ0v) is 12.4. The third-order valence-corrected chi connectivity index (χ3v) is 4.20. The van der Waals surface area contributed by atoms with E-state index in [0.29, 0.717) is 5.75 Å². The minimum Gasteiger partial charge on any atom is -0.507 e. The Bertz CT molecular complexity index is 902. The maximum atomic E-state index is 10.1. The molecule has 0 amide bonds. The molecule has 2 heterocycles. The molecule has 0 radical (unpaired) electrons. The van der Waals surface area contributed by atoms with Gasteiger partial charge in [0.15, 0.2) is 11.5 Å². The van der Waals surface area contributed by atoms with Crippen molar-refractivity contribution in [3.63, 3.8) is 0 Å². The first-order valence-corrected chi connectivity index (χ1v) is 7.14. The Morgan fingerprint density at radius 1 is 1.00 bits per heavy atom. The van der Waals surface area contributed by atoms with Crippen molar-refractivity contribution >= 4 is 10.9 Å². The highest BCUT2D eigenvalue weighted by Crippen LogP contribution is 2.39. The van der Waals surface area contributed by atoms with E-state index in [-0.39, 0.29) is 12.5 Å². The molecule has 1 N–H and O–H groups in total. The van der Waals surface area contributed by atoms with Crippen molar-refractivity contribution in [2.24, 2.45) is 0 Å². The number of rotatable bonds is 1. The minimum absolute atomic E-state index is 0.234. The molecule has 0 unspecified atom stereocenters. The fourth-order valence-corrected chi connectivity index (χ4v) is 2.84. The zero-order chi connectivity index (χ0) is 15.3. The van der Waals surface area contributed by atoms with Crippen LogP contribution < -0.4 is 9.47 Å². The number of aryl methyl sites for hydroxylation is 1. The smallest absolute Gasteiger partial charge is 0.231 e. The van der Waals surface area contributed by atoms with Gasteiger partial charge in [-0.05, 0) is 43.2 Å². The van der Waals surface area contributed by atoms with E-state index < -0.39 is 0 Å². The molecule has 0 spiro atoms. The predicted octanol–water partition coefficient (Wildman–Crippen LogP) is 3.95. The summed E-state index contributed by atoms with van der Waals surface area (Å²) in [5.74, 6) is 1.70. The van der Waals surface area contributed by atoms with Gasteiger partial charge in [0, 0.05) is 17.0 Å². The van der Waals surface area contributed by atoms with E-state index in [1.807, 2.05) is 31.2 Å². The van der Waals surface area contributed by atoms with Gasteiger partial charge >= 0.3 is 0 Å². The second kappa shape index (κ2) is 4.63. The summed E-state index contributed by atoms with van der Waals surface area (Å²) in [6, 6.07) is 11.1. The largest absolute Gasteiger partial charge is 0.507 e. The molecular weight excluding hydrogens is 278 g/mol. The number of phenolic OH excluding ortho intramolecular Hbond substituents is 1. The number of hydrogen-bond acceptors (Lipinski definition) is 4. The number of benzene rings is 2. The van der Waals surface area contributed by atoms with Crippen LogP contribution in [-0.2, 0) is 0 Å². The summed E-state index contributed by atoms with van der Waals surface area (Å²) >= 11 is 0. The second-order valence-corrected chi connectivity index (χ2v) is 5.45. The summed E-state index contributed by atoms with van der Waals surface area (Å²) < 4.78 is 10.9. The Hall–Kier alpha value is -2.75. The van der Waals surface area contributed by atoms with Crippen LogP contribution in [0.4, 0.5) is 0 Å². The first-order valence-electron chi connectivity index (χ1n) is 7.14. The first kappa shape index (κ1) is 13.0. The Balaban J connectivity index is 2.03. The topological polar surface area (TPSA) is 51.6 Å². The van der Waals surface area contributed by atoms with Crippen LogP contribution in [0, 0.1) is 13.8 Å². The number of fused-ring (bicyclic) bond motifs is 2. The van der Waals surface area contributed by atoms with Crippen molar-refractivity contribution in [3.05, 3.63) is 47.5 Å². The number of ether oxygens (including phenoxy) is 2. The lowest BCUT2D eigenvalue weighted by Crippen LogP contribution is -1.95. The molecule has 0 saturated carbocycles. The maximum Gasteiger partial charge on any atom is 0.231 e. The van der Waals surface area contributed by atoms with Gasteiger partial charge < -0.3 is 14.6 Å². The van der Waals surface area contributed by atoms with E-state index >= 15 is 0 Å². The SMILES string of the molecule is Cc1c(-c2ccccc2O)nc2cc3c(cc2c1C)OCO3. The molecule has 3 aromatic rings. The van der Waals surface area contributed by atoms with Gasteiger partial charge in [0.05, 0.1) is 11.2 Å². The van der Waals surface area contributed by atoms with Gasteiger partial charge in [-0.3, -0.25) is 0 Å². The van der Waals surface area contributed by atoms with Crippen LogP contribution >= 0.6 is 0 Å². The Kier molecular flexibility index (Phi) is 2.73. The zero-order valence-electron chi connectivity index (χ0n) is 12.4. The standard InChI is InChI=1S/C18H15NO3/c1-10-11(2)18(12-5-3-4-6-15(12)20)19-14-8-17-16(7-13(10)14)21-9-22-17/h3-8,20H,9H2,1-2H3. The van der Waals surface area contributed by atoms with E-state index in [0.717, 1.165) is 39.0 Å². The highest BCUT2D eigenvalue weighted by Gasteiger charge is 2.19. The van der Waals surface area contributed by atoms with Crippen molar-refractivity contribution < 1.29 is 14.6 Å². The van der Waals surface area contributed by atoms with Crippen LogP contribution in [0.5, 0.6) is 17.2 Å². The number of phenols is 1. The molecule has 4 heteroatoms. The molecule has 1 aromatic heterocycles. The van der Waals surface area contributed by atoms with Crippen LogP contribution in [-0.4, -0.2) is 16.9 Å². The lowest BCUT2D eigenvalue weighted by atomic mass is 9.98. The van der Waals surface area contributed by atoms with Crippen molar-refractivity contribution in [1.82, 2.24) is 4.98 Å². The van der Waals surface area contributed by atoms with Gasteiger partial charge in [0.1, 0.15) is 5.75 Å². The average Bonchev–Trinajstić information content (AvgIpc) is 2.97. The molecule has 0 fully saturated rings. The van der Waals surface area contributed by atoms with E-state index in [1.165, 1.54) is 0 Å². The highest BCUT2D eigenvalue weighted by molar-refractivity contribution is 5.90. The van der Waals surface area contributed by atoms with Gasteiger partial charge in [0.2, 0.25) is 6.79 Å². The first-order chi connectivity index (χ1) is 10.6. The quantitative estimate of drug-likeness (QED) is 0.738. The van der Waals surface area contributed by atoms with Crippen LogP contribution in [0.1, 0.15) is 11.1 Å². The Morgan fingerprint density at radius 3 is 2.50 bits per heavy atom. The summed E-state index contributed by atoms with van der Waals surface area (Å²) in [4.78, 5) is 4.75. The lowest BCUT2D eigenvalue weighted by molar-refractivity contribution is 0.174. The molecule has 0 atom stereocenters. The summed E-state index contributed by atoms with van der Waals surface area (Å²) in [7, 11) is 0. The normalized spacial score (nSPS) is 12.8. The van der Waals surface area contributed by atoms with Gasteiger partial charge in [-0.2, -0.15) is 0 Å². The average molecular weight is 293 g/mol. The lowest BCUT2D eigenvalue weighted by Gasteiger charge is -2.13. The van der Waals surface area contributed by atoms with Crippen LogP contribution in [0.25, 0.3) is 22.2 Å². The number of aromatic hydroxyl groups is 1. The summed E-state index contributed by atoms with van der Waals surface area (Å²) in [5, 5.41) is 11.2. The Morgan fingerprint density at radius 2 is 1.73 bits per heavy atom. The van der Waals surface area contributed by atoms with Crippen LogP contribution in [0.3, 0.4) is 0 Å². The summed E-state index contributed by atoms with van der Waals surface area (Å²) in [6.07, 6.45) is 0. The summed E-state index contributed by atoms with van der Waals surface area (Å²) in [5.41, 5.74) is 4.55. The summed E-state index contributed by atoms with van der Waals surface area (Å²) in [6.45, 7) is 4.33. The number of nitrogens with zero attached hydrogens (tertiary/aromatic N) is 1. The van der Waals surface area contributed by atoms with E-state index in [2.05, 4.69) is 6.92 Å². The molecule has 4 nitrogen and oxygen atoms in total. The van der Waals surface area contributed by atoms with Gasteiger partial charge in [-0.1, -0.05) is 12.1 Å². The monoisotopic (exact) mass is 293 g/mol. The van der Waals surface area contributed by atoms with E-state index in [4.69, 9.17) is 14.5 Å². The fraction of sp³-hybridized carbons (Fsp3) is 0.167. The predicted molar refractivity (Wildman–Crippen MR) is 84.4 cm³/mol. The van der Waals surface area contributed by atoms with Crippen LogP contribution in [0.2, 0.25) is 0 Å². The molecule has 22 heavy (non-hydrogen) atoms. The van der Waals surface area contributed by atoms with Gasteiger partial charge in [-0.15, -0.1) is 0 Å². The highest BCUT2D eigenvalue weighted by atomic mass is 16.7. The molecule has 110 valence electrons. The molecule has 0 aliphatic carbocycles. The van der Waals surface area contributed by atoms with Crippen molar-refractivity contribution in [1.29, 1.82) is 0 Å². The molecule has 1 aliphatic heterocycles. The number of para-hydroxylation sites is 1. The molecule has 0 saturated heterocycles. The fourth-order valence-electron chi connectivity index (χ4n) is 2.84. The molecular formula is C18H15NO3. The van der Waals surface area contributed by atoms with Crippen molar-refractivity contribution in [2.45, 2.75) is 13.8 Å². The molecule has 2 aromatic carbocycles. The van der Waals surface area contributed by atoms with Crippen molar-refractivity contribution in [3.8, 4) is 28.5 Å². The van der Waals surface area contributed by atoms with Crippen molar-refractivity contribution in [2.75, 3.05) is 6.79 Å². The van der Waals surface area contributed by atoms with E-state index in [1.54, 1.807) is 12.1 Å². The molecule has 4 rings (SSSR count). The van der Waals surface area contributed by atoms with Gasteiger partial charge in [-0.25, -0.2) is 4.98 Å². The van der Waals surface area contributed by atoms with E-state index in [9.17, 15) is 5.11 Å². The second-order valence-electron chi connectivity index (χ2n) is 5.45. The number of aromatic nitrogens is 1. The third-order valence-electron chi connectivity index (χ3n) is 4.20. The third kappa shape index (κ3) is 1.80. The Labute approximate surface area is 128 Å². The number of hydrogen-bond donors (Lipinski definition) is 1. The van der Waals surface area contributed by atoms with Gasteiger partial charge in [0.25, 0.3) is 0 Å². The minimum atomic E-state index is 0.234. The molecule has 0 bridgehead atoms. The molecule has 1 aliphatic rings.